The molecule has 20 heavy (non-hydrogen) atoms. The molecule has 0 unspecified atom stereocenters. The Kier molecular flexibility index (Phi) is 5.93. The highest BCUT2D eigenvalue weighted by atomic mass is 16.5. The van der Waals surface area contributed by atoms with Gasteiger partial charge in [0.25, 0.3) is 0 Å². The standard InChI is InChI=1S/C17H25NO2/c1-3-11-19-16-6-5-15(13-17(16)20-12-4-2)14-7-9-18-10-8-14/h5-7,13,18H,3-4,8-12H2,1-2H3. The fraction of sp³-hybridized carbons (Fsp3) is 0.529. The molecule has 0 amide bonds. The van der Waals surface area contributed by atoms with Gasteiger partial charge in [-0.05, 0) is 49.1 Å². The van der Waals surface area contributed by atoms with Crippen LogP contribution in [0.15, 0.2) is 24.3 Å². The van der Waals surface area contributed by atoms with Crippen molar-refractivity contribution in [3.63, 3.8) is 0 Å². The van der Waals surface area contributed by atoms with Crippen LogP contribution in [0.5, 0.6) is 11.5 Å². The lowest BCUT2D eigenvalue weighted by Gasteiger charge is -2.17. The van der Waals surface area contributed by atoms with Crippen LogP contribution in [0.25, 0.3) is 5.57 Å². The Bertz CT molecular complexity index is 454. The molecule has 0 saturated carbocycles. The van der Waals surface area contributed by atoms with E-state index in [-0.39, 0.29) is 0 Å². The van der Waals surface area contributed by atoms with Gasteiger partial charge in [-0.1, -0.05) is 26.0 Å². The average molecular weight is 275 g/mol. The fourth-order valence-corrected chi connectivity index (χ4v) is 2.25. The molecule has 0 aliphatic carbocycles. The van der Waals surface area contributed by atoms with E-state index in [2.05, 4.69) is 37.4 Å². The third kappa shape index (κ3) is 4.01. The molecule has 0 bridgehead atoms. The van der Waals surface area contributed by atoms with Gasteiger partial charge in [-0.15, -0.1) is 0 Å². The maximum Gasteiger partial charge on any atom is 0.161 e. The van der Waals surface area contributed by atoms with Crippen LogP contribution in [0.2, 0.25) is 0 Å². The first-order valence-electron chi connectivity index (χ1n) is 7.65. The monoisotopic (exact) mass is 275 g/mol. The first-order valence-corrected chi connectivity index (χ1v) is 7.65. The molecular formula is C17H25NO2. The van der Waals surface area contributed by atoms with Gasteiger partial charge in [0.1, 0.15) is 0 Å². The summed E-state index contributed by atoms with van der Waals surface area (Å²) in [7, 11) is 0. The van der Waals surface area contributed by atoms with Crippen LogP contribution in [0.1, 0.15) is 38.7 Å². The summed E-state index contributed by atoms with van der Waals surface area (Å²) in [6.45, 7) is 7.69. The lowest BCUT2D eigenvalue weighted by Crippen LogP contribution is -2.20. The fourth-order valence-electron chi connectivity index (χ4n) is 2.25. The van der Waals surface area contributed by atoms with Crippen LogP contribution in [-0.2, 0) is 0 Å². The van der Waals surface area contributed by atoms with Gasteiger partial charge in [-0.2, -0.15) is 0 Å². The van der Waals surface area contributed by atoms with Crippen LogP contribution >= 0.6 is 0 Å². The number of ether oxygens (including phenoxy) is 2. The number of benzene rings is 1. The molecule has 0 fully saturated rings. The van der Waals surface area contributed by atoms with Crippen LogP contribution in [0, 0.1) is 0 Å². The first-order chi connectivity index (χ1) is 9.85. The molecule has 3 nitrogen and oxygen atoms in total. The molecule has 110 valence electrons. The lowest BCUT2D eigenvalue weighted by molar-refractivity contribution is 0.268. The topological polar surface area (TPSA) is 30.5 Å². The van der Waals surface area contributed by atoms with Gasteiger partial charge in [-0.3, -0.25) is 0 Å². The van der Waals surface area contributed by atoms with Gasteiger partial charge in [0.05, 0.1) is 13.2 Å². The smallest absolute Gasteiger partial charge is 0.161 e. The van der Waals surface area contributed by atoms with Gasteiger partial charge in [0, 0.05) is 6.54 Å². The van der Waals surface area contributed by atoms with E-state index in [1.807, 2.05) is 6.07 Å². The summed E-state index contributed by atoms with van der Waals surface area (Å²) in [5, 5.41) is 3.34. The normalized spacial score (nSPS) is 14.8. The minimum atomic E-state index is 0.729. The highest BCUT2D eigenvalue weighted by Gasteiger charge is 2.11. The Labute approximate surface area is 122 Å². The summed E-state index contributed by atoms with van der Waals surface area (Å²) >= 11 is 0. The van der Waals surface area contributed by atoms with Gasteiger partial charge < -0.3 is 14.8 Å². The number of nitrogens with one attached hydrogen (secondary N) is 1. The number of hydrogen-bond acceptors (Lipinski definition) is 3. The van der Waals surface area contributed by atoms with Gasteiger partial charge >= 0.3 is 0 Å². The van der Waals surface area contributed by atoms with Crippen LogP contribution in [0.4, 0.5) is 0 Å². The van der Waals surface area contributed by atoms with Crippen molar-refractivity contribution in [2.45, 2.75) is 33.1 Å². The predicted octanol–water partition coefficient (Wildman–Crippen LogP) is 3.64. The van der Waals surface area contributed by atoms with Gasteiger partial charge in [0.15, 0.2) is 11.5 Å². The Balaban J connectivity index is 2.19. The average Bonchev–Trinajstić information content (AvgIpc) is 2.52. The maximum absolute atomic E-state index is 5.85. The summed E-state index contributed by atoms with van der Waals surface area (Å²) in [4.78, 5) is 0. The second kappa shape index (κ2) is 7.95. The van der Waals surface area contributed by atoms with Gasteiger partial charge in [0.2, 0.25) is 0 Å². The summed E-state index contributed by atoms with van der Waals surface area (Å²) in [6.07, 6.45) is 5.34. The van der Waals surface area contributed by atoms with Crippen molar-refractivity contribution >= 4 is 5.57 Å². The van der Waals surface area contributed by atoms with E-state index in [0.717, 1.165) is 57.1 Å². The second-order valence-corrected chi connectivity index (χ2v) is 5.04. The van der Waals surface area contributed by atoms with Gasteiger partial charge in [-0.25, -0.2) is 0 Å². The molecular weight excluding hydrogens is 250 g/mol. The molecule has 0 spiro atoms. The van der Waals surface area contributed by atoms with E-state index < -0.39 is 0 Å². The maximum atomic E-state index is 5.85. The van der Waals surface area contributed by atoms with E-state index in [4.69, 9.17) is 9.47 Å². The third-order valence-corrected chi connectivity index (χ3v) is 3.30. The zero-order valence-electron chi connectivity index (χ0n) is 12.6. The molecule has 1 aromatic rings. The zero-order valence-corrected chi connectivity index (χ0v) is 12.6. The second-order valence-electron chi connectivity index (χ2n) is 5.04. The van der Waals surface area contributed by atoms with Crippen LogP contribution in [0.3, 0.4) is 0 Å². The molecule has 1 heterocycles. The summed E-state index contributed by atoms with van der Waals surface area (Å²) in [6, 6.07) is 6.30. The third-order valence-electron chi connectivity index (χ3n) is 3.30. The molecule has 1 aliphatic heterocycles. The minimum Gasteiger partial charge on any atom is -0.490 e. The Morgan fingerprint density at radius 1 is 1.05 bits per heavy atom. The molecule has 2 rings (SSSR count). The van der Waals surface area contributed by atoms with Crippen molar-refractivity contribution in [3.05, 3.63) is 29.8 Å². The minimum absolute atomic E-state index is 0.729. The highest BCUT2D eigenvalue weighted by Crippen LogP contribution is 2.32. The van der Waals surface area contributed by atoms with Crippen molar-refractivity contribution in [2.75, 3.05) is 26.3 Å². The van der Waals surface area contributed by atoms with Crippen LogP contribution < -0.4 is 14.8 Å². The van der Waals surface area contributed by atoms with Crippen LogP contribution in [-0.4, -0.2) is 26.3 Å². The SMILES string of the molecule is CCCOc1ccc(C2=CCNCC2)cc1OCCC. The molecule has 0 atom stereocenters. The van der Waals surface area contributed by atoms with Crippen molar-refractivity contribution in [1.82, 2.24) is 5.32 Å². The highest BCUT2D eigenvalue weighted by molar-refractivity contribution is 5.69. The molecule has 1 N–H and O–H groups in total. The van der Waals surface area contributed by atoms with E-state index in [1.54, 1.807) is 0 Å². The Morgan fingerprint density at radius 3 is 2.45 bits per heavy atom. The van der Waals surface area contributed by atoms with Crippen molar-refractivity contribution in [2.24, 2.45) is 0 Å². The van der Waals surface area contributed by atoms with Crippen molar-refractivity contribution in [3.8, 4) is 11.5 Å². The van der Waals surface area contributed by atoms with E-state index in [9.17, 15) is 0 Å². The quantitative estimate of drug-likeness (QED) is 0.824. The summed E-state index contributed by atoms with van der Waals surface area (Å²) in [5.74, 6) is 1.73. The summed E-state index contributed by atoms with van der Waals surface area (Å²) in [5.41, 5.74) is 2.65. The molecule has 0 aromatic heterocycles. The van der Waals surface area contributed by atoms with E-state index in [0.29, 0.717) is 0 Å². The van der Waals surface area contributed by atoms with Crippen molar-refractivity contribution in [1.29, 1.82) is 0 Å². The number of rotatable bonds is 7. The zero-order chi connectivity index (χ0) is 14.2. The molecule has 1 aliphatic rings. The molecule has 0 radical (unpaired) electrons. The Hall–Kier alpha value is -1.48. The lowest BCUT2D eigenvalue weighted by atomic mass is 10.00. The molecule has 1 aromatic carbocycles. The van der Waals surface area contributed by atoms with E-state index >= 15 is 0 Å². The predicted molar refractivity (Wildman–Crippen MR) is 83.5 cm³/mol. The molecule has 0 saturated heterocycles. The Morgan fingerprint density at radius 2 is 1.80 bits per heavy atom. The molecule has 3 heteroatoms. The number of hydrogen-bond donors (Lipinski definition) is 1. The first kappa shape index (κ1) is 14.9. The summed E-state index contributed by atoms with van der Waals surface area (Å²) < 4.78 is 11.6. The largest absolute Gasteiger partial charge is 0.490 e. The van der Waals surface area contributed by atoms with Crippen molar-refractivity contribution < 1.29 is 9.47 Å². The van der Waals surface area contributed by atoms with E-state index in [1.165, 1.54) is 11.1 Å².